The Kier molecular flexibility index (Phi) is 5.94. The van der Waals surface area contributed by atoms with Crippen molar-refractivity contribution in [1.82, 2.24) is 20.0 Å². The molecular formula is C21H23BrN4OS. The highest BCUT2D eigenvalue weighted by Crippen LogP contribution is 2.28. The van der Waals surface area contributed by atoms with Crippen LogP contribution in [0.3, 0.4) is 0 Å². The van der Waals surface area contributed by atoms with Crippen LogP contribution in [0, 0.1) is 6.92 Å². The van der Waals surface area contributed by atoms with Gasteiger partial charge in [-0.25, -0.2) is 4.68 Å². The van der Waals surface area contributed by atoms with Gasteiger partial charge in [0.2, 0.25) is 0 Å². The molecular weight excluding hydrogens is 436 g/mol. The predicted molar refractivity (Wildman–Crippen MR) is 116 cm³/mol. The number of likely N-dealkylation sites (tertiary alicyclic amines) is 1. The number of carbonyl (C=O) groups excluding carboxylic acids is 1. The Bertz CT molecular complexity index is 930. The van der Waals surface area contributed by atoms with Gasteiger partial charge in [-0.15, -0.1) is 11.3 Å². The number of thiophene rings is 1. The molecule has 0 radical (unpaired) electrons. The first kappa shape index (κ1) is 19.4. The van der Waals surface area contributed by atoms with E-state index in [1.165, 1.54) is 17.7 Å². The average Bonchev–Trinajstić information content (AvgIpc) is 3.45. The first-order chi connectivity index (χ1) is 13.6. The van der Waals surface area contributed by atoms with E-state index in [0.717, 1.165) is 28.9 Å². The standard InChI is InChI=1S/C21H23BrN4OS/c1-15-18(13-24-26(15)17-8-6-16(22)7-9-17)21(27)23-14-19(20-5-4-12-28-20)25-10-2-3-11-25/h4-9,12-13,19H,2-3,10-11,14H2,1H3,(H,23,27). The number of rotatable bonds is 6. The summed E-state index contributed by atoms with van der Waals surface area (Å²) >= 11 is 5.20. The molecule has 3 heterocycles. The zero-order valence-corrected chi connectivity index (χ0v) is 18.2. The van der Waals surface area contributed by atoms with Gasteiger partial charge in [0.25, 0.3) is 5.91 Å². The maximum atomic E-state index is 12.9. The van der Waals surface area contributed by atoms with E-state index < -0.39 is 0 Å². The topological polar surface area (TPSA) is 50.2 Å². The molecule has 1 unspecified atom stereocenters. The number of hydrogen-bond donors (Lipinski definition) is 1. The highest BCUT2D eigenvalue weighted by atomic mass is 79.9. The lowest BCUT2D eigenvalue weighted by molar-refractivity contribution is 0.0938. The molecule has 0 saturated carbocycles. The smallest absolute Gasteiger partial charge is 0.254 e. The molecule has 1 amide bonds. The van der Waals surface area contributed by atoms with Crippen LogP contribution in [-0.4, -0.2) is 40.2 Å². The lowest BCUT2D eigenvalue weighted by Gasteiger charge is -2.26. The molecule has 1 aliphatic heterocycles. The van der Waals surface area contributed by atoms with Crippen LogP contribution in [-0.2, 0) is 0 Å². The van der Waals surface area contributed by atoms with Crippen LogP contribution >= 0.6 is 27.3 Å². The fourth-order valence-electron chi connectivity index (χ4n) is 3.70. The summed E-state index contributed by atoms with van der Waals surface area (Å²) in [7, 11) is 0. The third-order valence-electron chi connectivity index (χ3n) is 5.23. The van der Waals surface area contributed by atoms with Crippen LogP contribution in [0.4, 0.5) is 0 Å². The van der Waals surface area contributed by atoms with Gasteiger partial charge in [-0.2, -0.15) is 5.10 Å². The predicted octanol–water partition coefficient (Wildman–Crippen LogP) is 4.57. The summed E-state index contributed by atoms with van der Waals surface area (Å²) in [5.41, 5.74) is 2.40. The summed E-state index contributed by atoms with van der Waals surface area (Å²) in [6, 6.07) is 12.4. The molecule has 1 saturated heterocycles. The third kappa shape index (κ3) is 4.06. The number of hydrogen-bond acceptors (Lipinski definition) is 4. The number of benzene rings is 1. The zero-order valence-electron chi connectivity index (χ0n) is 15.8. The third-order valence-corrected chi connectivity index (χ3v) is 6.74. The maximum absolute atomic E-state index is 12.9. The van der Waals surface area contributed by atoms with Crippen LogP contribution in [0.15, 0.2) is 52.4 Å². The lowest BCUT2D eigenvalue weighted by Crippen LogP contribution is -2.36. The van der Waals surface area contributed by atoms with E-state index in [9.17, 15) is 4.79 Å². The fourth-order valence-corrected chi connectivity index (χ4v) is 4.83. The summed E-state index contributed by atoms with van der Waals surface area (Å²) in [5, 5.41) is 9.67. The van der Waals surface area contributed by atoms with Crippen molar-refractivity contribution in [2.75, 3.05) is 19.6 Å². The van der Waals surface area contributed by atoms with Gasteiger partial charge in [0.1, 0.15) is 0 Å². The van der Waals surface area contributed by atoms with Crippen LogP contribution in [0.5, 0.6) is 0 Å². The van der Waals surface area contributed by atoms with Crippen molar-refractivity contribution in [2.45, 2.75) is 25.8 Å². The number of halogens is 1. The lowest BCUT2D eigenvalue weighted by atomic mass is 10.2. The van der Waals surface area contributed by atoms with Gasteiger partial charge in [0, 0.05) is 15.9 Å². The van der Waals surface area contributed by atoms with Crippen LogP contribution in [0.1, 0.15) is 39.8 Å². The largest absolute Gasteiger partial charge is 0.350 e. The minimum absolute atomic E-state index is 0.0679. The van der Waals surface area contributed by atoms with E-state index >= 15 is 0 Å². The van der Waals surface area contributed by atoms with E-state index in [4.69, 9.17) is 0 Å². The van der Waals surface area contributed by atoms with E-state index in [2.05, 4.69) is 48.8 Å². The highest BCUT2D eigenvalue weighted by molar-refractivity contribution is 9.10. The second kappa shape index (κ2) is 8.59. The molecule has 1 N–H and O–H groups in total. The summed E-state index contributed by atoms with van der Waals surface area (Å²) < 4.78 is 2.82. The Hall–Kier alpha value is -1.96. The minimum atomic E-state index is -0.0679. The quantitative estimate of drug-likeness (QED) is 0.588. The van der Waals surface area contributed by atoms with Gasteiger partial charge < -0.3 is 5.32 Å². The van der Waals surface area contributed by atoms with E-state index in [-0.39, 0.29) is 11.9 Å². The van der Waals surface area contributed by atoms with Gasteiger partial charge in [0.05, 0.1) is 29.2 Å². The second-order valence-corrected chi connectivity index (χ2v) is 8.91. The number of carbonyl (C=O) groups is 1. The van der Waals surface area contributed by atoms with E-state index in [0.29, 0.717) is 12.1 Å². The average molecular weight is 459 g/mol. The van der Waals surface area contributed by atoms with Gasteiger partial charge in [-0.1, -0.05) is 22.0 Å². The summed E-state index contributed by atoms with van der Waals surface area (Å²) in [6.45, 7) is 4.74. The second-order valence-electron chi connectivity index (χ2n) is 7.02. The van der Waals surface area contributed by atoms with Gasteiger partial charge in [0.15, 0.2) is 0 Å². The number of nitrogens with one attached hydrogen (secondary N) is 1. The molecule has 7 heteroatoms. The van der Waals surface area contributed by atoms with E-state index in [1.807, 2.05) is 31.2 Å². The fraction of sp³-hybridized carbons (Fsp3) is 0.333. The molecule has 1 fully saturated rings. The Morgan fingerprint density at radius 1 is 1.25 bits per heavy atom. The van der Waals surface area contributed by atoms with Crippen LogP contribution < -0.4 is 5.32 Å². The van der Waals surface area contributed by atoms with Crippen molar-refractivity contribution in [1.29, 1.82) is 0 Å². The first-order valence-corrected chi connectivity index (χ1v) is 11.2. The molecule has 28 heavy (non-hydrogen) atoms. The van der Waals surface area contributed by atoms with Crippen molar-refractivity contribution in [3.8, 4) is 5.69 Å². The number of aromatic nitrogens is 2. The molecule has 0 aliphatic carbocycles. The Morgan fingerprint density at radius 3 is 2.68 bits per heavy atom. The molecule has 5 nitrogen and oxygen atoms in total. The highest BCUT2D eigenvalue weighted by Gasteiger charge is 2.25. The maximum Gasteiger partial charge on any atom is 0.254 e. The van der Waals surface area contributed by atoms with Crippen molar-refractivity contribution in [3.05, 3.63) is 68.6 Å². The van der Waals surface area contributed by atoms with Crippen molar-refractivity contribution >= 4 is 33.2 Å². The number of amides is 1. The molecule has 4 rings (SSSR count). The van der Waals surface area contributed by atoms with Crippen molar-refractivity contribution in [2.24, 2.45) is 0 Å². The molecule has 1 atom stereocenters. The molecule has 0 bridgehead atoms. The molecule has 3 aromatic rings. The van der Waals surface area contributed by atoms with Crippen LogP contribution in [0.25, 0.3) is 5.69 Å². The Labute approximate surface area is 177 Å². The Balaban J connectivity index is 1.48. The molecule has 1 aliphatic rings. The van der Waals surface area contributed by atoms with Crippen molar-refractivity contribution in [3.63, 3.8) is 0 Å². The van der Waals surface area contributed by atoms with Gasteiger partial charge in [-0.05, 0) is 68.6 Å². The van der Waals surface area contributed by atoms with Crippen LogP contribution in [0.2, 0.25) is 0 Å². The van der Waals surface area contributed by atoms with Crippen molar-refractivity contribution < 1.29 is 4.79 Å². The minimum Gasteiger partial charge on any atom is -0.350 e. The first-order valence-electron chi connectivity index (χ1n) is 9.49. The van der Waals surface area contributed by atoms with Gasteiger partial charge >= 0.3 is 0 Å². The monoisotopic (exact) mass is 458 g/mol. The Morgan fingerprint density at radius 2 is 2.00 bits per heavy atom. The zero-order chi connectivity index (χ0) is 19.5. The number of nitrogens with zero attached hydrogens (tertiary/aromatic N) is 3. The SMILES string of the molecule is Cc1c(C(=O)NCC(c2cccs2)N2CCCC2)cnn1-c1ccc(Br)cc1. The van der Waals surface area contributed by atoms with E-state index in [1.54, 1.807) is 22.2 Å². The van der Waals surface area contributed by atoms with Gasteiger partial charge in [-0.3, -0.25) is 9.69 Å². The molecule has 0 spiro atoms. The summed E-state index contributed by atoms with van der Waals surface area (Å²) in [5.74, 6) is -0.0679. The normalized spacial score (nSPS) is 15.6. The molecule has 2 aromatic heterocycles. The summed E-state index contributed by atoms with van der Waals surface area (Å²) in [4.78, 5) is 16.7. The summed E-state index contributed by atoms with van der Waals surface area (Å²) in [6.07, 6.45) is 4.12. The molecule has 1 aromatic carbocycles. The molecule has 146 valence electrons.